The van der Waals surface area contributed by atoms with Gasteiger partial charge in [-0.05, 0) is 56.1 Å². The lowest BCUT2D eigenvalue weighted by atomic mass is 10.0. The Bertz CT molecular complexity index is 757. The van der Waals surface area contributed by atoms with E-state index in [9.17, 15) is 8.42 Å². The highest BCUT2D eigenvalue weighted by atomic mass is 32.2. The van der Waals surface area contributed by atoms with Crippen molar-refractivity contribution < 1.29 is 8.42 Å². The average Bonchev–Trinajstić information content (AvgIpc) is 3.26. The Balaban J connectivity index is 1.80. The van der Waals surface area contributed by atoms with Crippen LogP contribution in [0.25, 0.3) is 10.4 Å². The van der Waals surface area contributed by atoms with E-state index in [-0.39, 0.29) is 5.75 Å². The van der Waals surface area contributed by atoms with Gasteiger partial charge in [-0.1, -0.05) is 31.2 Å². The van der Waals surface area contributed by atoms with E-state index in [0.717, 1.165) is 10.4 Å². The number of rotatable bonds is 5. The Morgan fingerprint density at radius 3 is 2.35 bits per heavy atom. The first-order valence-electron chi connectivity index (χ1n) is 8.18. The van der Waals surface area contributed by atoms with Crippen molar-refractivity contribution in [1.29, 1.82) is 0 Å². The van der Waals surface area contributed by atoms with Gasteiger partial charge < -0.3 is 0 Å². The monoisotopic (exact) mass is 349 g/mol. The summed E-state index contributed by atoms with van der Waals surface area (Å²) in [6.45, 7) is 6.32. The quantitative estimate of drug-likeness (QED) is 0.804. The van der Waals surface area contributed by atoms with Crippen molar-refractivity contribution in [2.45, 2.75) is 36.9 Å². The zero-order chi connectivity index (χ0) is 16.4. The Kier molecular flexibility index (Phi) is 4.90. The highest BCUT2D eigenvalue weighted by molar-refractivity contribution is 7.93. The van der Waals surface area contributed by atoms with Crippen LogP contribution in [0.5, 0.6) is 0 Å². The topological polar surface area (TPSA) is 37.4 Å². The van der Waals surface area contributed by atoms with Gasteiger partial charge in [0.05, 0.1) is 5.75 Å². The fraction of sp³-hybridized carbons (Fsp3) is 0.444. The molecule has 2 aromatic rings. The molecule has 1 fully saturated rings. The van der Waals surface area contributed by atoms with E-state index in [4.69, 9.17) is 0 Å². The van der Waals surface area contributed by atoms with Gasteiger partial charge in [-0.15, -0.1) is 11.3 Å². The molecule has 1 unspecified atom stereocenters. The van der Waals surface area contributed by atoms with E-state index in [0.29, 0.717) is 10.3 Å². The van der Waals surface area contributed by atoms with Gasteiger partial charge in [0.25, 0.3) is 0 Å². The molecule has 5 heteroatoms. The van der Waals surface area contributed by atoms with Gasteiger partial charge in [0.1, 0.15) is 4.21 Å². The Morgan fingerprint density at radius 1 is 1.09 bits per heavy atom. The molecule has 1 atom stereocenters. The number of hydrogen-bond donors (Lipinski definition) is 0. The van der Waals surface area contributed by atoms with E-state index in [2.05, 4.69) is 36.1 Å². The van der Waals surface area contributed by atoms with Crippen molar-refractivity contribution in [3.63, 3.8) is 0 Å². The number of hydrogen-bond acceptors (Lipinski definition) is 4. The van der Waals surface area contributed by atoms with Crippen molar-refractivity contribution in [1.82, 2.24) is 4.90 Å². The Morgan fingerprint density at radius 2 is 1.74 bits per heavy atom. The van der Waals surface area contributed by atoms with E-state index in [1.54, 1.807) is 13.0 Å². The van der Waals surface area contributed by atoms with Crippen LogP contribution in [0, 0.1) is 0 Å². The molecular formula is C18H23NO2S2. The number of nitrogens with zero attached hydrogens (tertiary/aromatic N) is 1. The van der Waals surface area contributed by atoms with Gasteiger partial charge in [-0.3, -0.25) is 4.90 Å². The maximum absolute atomic E-state index is 11.9. The number of benzene rings is 1. The second-order valence-corrected chi connectivity index (χ2v) is 9.65. The van der Waals surface area contributed by atoms with Crippen molar-refractivity contribution in [2.24, 2.45) is 0 Å². The normalized spacial score (nSPS) is 17.5. The Labute approximate surface area is 142 Å². The molecule has 0 radical (unpaired) electrons. The van der Waals surface area contributed by atoms with Crippen LogP contribution in [0.15, 0.2) is 40.6 Å². The molecular weight excluding hydrogens is 326 g/mol. The maximum atomic E-state index is 11.9. The molecule has 124 valence electrons. The van der Waals surface area contributed by atoms with Crippen LogP contribution in [-0.2, 0) is 9.84 Å². The standard InChI is InChI=1S/C18H23NO2S2/c1-3-23(20,21)18-11-10-17(22-18)16-8-6-15(7-9-16)14(2)19-12-4-5-13-19/h6-11,14H,3-5,12-13H2,1-2H3. The van der Waals surface area contributed by atoms with Crippen molar-refractivity contribution in [3.8, 4) is 10.4 Å². The van der Waals surface area contributed by atoms with Gasteiger partial charge in [0.2, 0.25) is 0 Å². The highest BCUT2D eigenvalue weighted by Crippen LogP contribution is 2.32. The molecule has 3 nitrogen and oxygen atoms in total. The minimum atomic E-state index is -3.11. The summed E-state index contributed by atoms with van der Waals surface area (Å²) in [6.07, 6.45) is 2.60. The van der Waals surface area contributed by atoms with Crippen molar-refractivity contribution in [3.05, 3.63) is 42.0 Å². The lowest BCUT2D eigenvalue weighted by Gasteiger charge is -2.24. The van der Waals surface area contributed by atoms with E-state index in [1.807, 2.05) is 6.07 Å². The summed E-state index contributed by atoms with van der Waals surface area (Å²) in [5.74, 6) is 0.152. The summed E-state index contributed by atoms with van der Waals surface area (Å²) in [6, 6.07) is 12.6. The van der Waals surface area contributed by atoms with Crippen LogP contribution in [0.2, 0.25) is 0 Å². The van der Waals surface area contributed by atoms with Crippen LogP contribution in [-0.4, -0.2) is 32.2 Å². The Hall–Kier alpha value is -1.17. The molecule has 1 aliphatic heterocycles. The van der Waals surface area contributed by atoms with Crippen LogP contribution in [0.3, 0.4) is 0 Å². The third kappa shape index (κ3) is 3.52. The third-order valence-corrected chi connectivity index (χ3v) is 8.08. The first-order chi connectivity index (χ1) is 11.0. The van der Waals surface area contributed by atoms with E-state index < -0.39 is 9.84 Å². The second kappa shape index (κ2) is 6.75. The molecule has 0 saturated carbocycles. The van der Waals surface area contributed by atoms with E-state index >= 15 is 0 Å². The molecule has 2 heterocycles. The van der Waals surface area contributed by atoms with Gasteiger partial charge >= 0.3 is 0 Å². The molecule has 0 N–H and O–H groups in total. The lowest BCUT2D eigenvalue weighted by Crippen LogP contribution is -2.23. The zero-order valence-electron chi connectivity index (χ0n) is 13.7. The predicted octanol–water partition coefficient (Wildman–Crippen LogP) is 4.37. The molecule has 23 heavy (non-hydrogen) atoms. The fourth-order valence-electron chi connectivity index (χ4n) is 3.05. The number of sulfone groups is 1. The van der Waals surface area contributed by atoms with Gasteiger partial charge in [0, 0.05) is 10.9 Å². The first-order valence-corrected chi connectivity index (χ1v) is 10.6. The largest absolute Gasteiger partial charge is 0.297 e. The molecule has 1 aliphatic rings. The summed E-state index contributed by atoms with van der Waals surface area (Å²) >= 11 is 1.36. The minimum Gasteiger partial charge on any atom is -0.297 e. The van der Waals surface area contributed by atoms with Crippen LogP contribution >= 0.6 is 11.3 Å². The van der Waals surface area contributed by atoms with Gasteiger partial charge in [-0.2, -0.15) is 0 Å². The molecule has 0 aliphatic carbocycles. The third-order valence-electron chi connectivity index (χ3n) is 4.63. The summed E-state index contributed by atoms with van der Waals surface area (Å²) in [7, 11) is -3.11. The molecule has 1 aromatic carbocycles. The van der Waals surface area contributed by atoms with Gasteiger partial charge in [0.15, 0.2) is 9.84 Å². The molecule has 1 saturated heterocycles. The molecule has 0 bridgehead atoms. The number of likely N-dealkylation sites (tertiary alicyclic amines) is 1. The predicted molar refractivity (Wildman–Crippen MR) is 96.7 cm³/mol. The SMILES string of the molecule is CCS(=O)(=O)c1ccc(-c2ccc(C(C)N3CCCC3)cc2)s1. The van der Waals surface area contributed by atoms with Crippen LogP contribution < -0.4 is 0 Å². The first kappa shape index (κ1) is 16.7. The van der Waals surface area contributed by atoms with Crippen molar-refractivity contribution >= 4 is 21.2 Å². The molecule has 0 amide bonds. The summed E-state index contributed by atoms with van der Waals surface area (Å²) < 4.78 is 24.3. The summed E-state index contributed by atoms with van der Waals surface area (Å²) in [5.41, 5.74) is 2.42. The molecule has 3 rings (SSSR count). The second-order valence-electron chi connectivity index (χ2n) is 6.06. The zero-order valence-corrected chi connectivity index (χ0v) is 15.3. The lowest BCUT2D eigenvalue weighted by molar-refractivity contribution is 0.263. The fourth-order valence-corrected chi connectivity index (χ4v) is 5.48. The summed E-state index contributed by atoms with van der Waals surface area (Å²) in [4.78, 5) is 3.53. The minimum absolute atomic E-state index is 0.152. The average molecular weight is 350 g/mol. The smallest absolute Gasteiger partial charge is 0.187 e. The van der Waals surface area contributed by atoms with E-state index in [1.165, 1.54) is 42.8 Å². The highest BCUT2D eigenvalue weighted by Gasteiger charge is 2.19. The molecule has 0 spiro atoms. The number of thiophene rings is 1. The van der Waals surface area contributed by atoms with Crippen LogP contribution in [0.1, 0.15) is 38.3 Å². The van der Waals surface area contributed by atoms with Crippen LogP contribution in [0.4, 0.5) is 0 Å². The maximum Gasteiger partial charge on any atom is 0.187 e. The summed E-state index contributed by atoms with van der Waals surface area (Å²) in [5, 5.41) is 0. The van der Waals surface area contributed by atoms with Crippen molar-refractivity contribution in [2.75, 3.05) is 18.8 Å². The van der Waals surface area contributed by atoms with Gasteiger partial charge in [-0.25, -0.2) is 8.42 Å². The molecule has 1 aromatic heterocycles.